The standard InChI is InChI=1S/C17H23N5O2/c1-13-10-18-4-3-15(13)11-19-17(23)22-7-5-21(6-8-22)12-16-9-14(2)24-20-16/h3-4,9-10H,5-8,11-12H2,1-2H3,(H,19,23). The highest BCUT2D eigenvalue weighted by atomic mass is 16.5. The van der Waals surface area contributed by atoms with Crippen molar-refractivity contribution in [2.24, 2.45) is 0 Å². The SMILES string of the molecule is Cc1cc(CN2CCN(C(=O)NCc3ccncc3C)CC2)no1. The number of hydrogen-bond acceptors (Lipinski definition) is 5. The predicted molar refractivity (Wildman–Crippen MR) is 89.3 cm³/mol. The molecule has 2 aromatic heterocycles. The number of piperazine rings is 1. The second-order valence-corrected chi connectivity index (χ2v) is 6.15. The van der Waals surface area contributed by atoms with E-state index in [1.165, 1.54) is 0 Å². The van der Waals surface area contributed by atoms with Crippen LogP contribution in [-0.4, -0.2) is 52.2 Å². The van der Waals surface area contributed by atoms with Crippen LogP contribution in [-0.2, 0) is 13.1 Å². The molecule has 0 bridgehead atoms. The van der Waals surface area contributed by atoms with Crippen molar-refractivity contribution in [2.45, 2.75) is 26.9 Å². The van der Waals surface area contributed by atoms with Gasteiger partial charge in [0.25, 0.3) is 0 Å². The topological polar surface area (TPSA) is 74.5 Å². The summed E-state index contributed by atoms with van der Waals surface area (Å²) in [6.07, 6.45) is 3.56. The molecule has 1 saturated heterocycles. The third-order valence-electron chi connectivity index (χ3n) is 4.29. The Hall–Kier alpha value is -2.41. The van der Waals surface area contributed by atoms with E-state index in [0.717, 1.165) is 55.3 Å². The van der Waals surface area contributed by atoms with Gasteiger partial charge in [0.15, 0.2) is 0 Å². The number of nitrogens with zero attached hydrogens (tertiary/aromatic N) is 4. The Balaban J connectivity index is 1.44. The van der Waals surface area contributed by atoms with Crippen LogP contribution >= 0.6 is 0 Å². The minimum absolute atomic E-state index is 0.0110. The third-order valence-corrected chi connectivity index (χ3v) is 4.29. The fourth-order valence-corrected chi connectivity index (χ4v) is 2.81. The molecule has 7 nitrogen and oxygen atoms in total. The zero-order valence-electron chi connectivity index (χ0n) is 14.2. The van der Waals surface area contributed by atoms with E-state index in [1.54, 1.807) is 6.20 Å². The fourth-order valence-electron chi connectivity index (χ4n) is 2.81. The number of carbonyl (C=O) groups is 1. The Morgan fingerprint density at radius 3 is 2.75 bits per heavy atom. The molecular formula is C17H23N5O2. The number of hydrogen-bond donors (Lipinski definition) is 1. The first-order chi connectivity index (χ1) is 11.6. The molecule has 2 aromatic rings. The molecule has 1 aliphatic rings. The number of nitrogens with one attached hydrogen (secondary N) is 1. The Kier molecular flexibility index (Phi) is 5.10. The maximum absolute atomic E-state index is 12.3. The van der Waals surface area contributed by atoms with Gasteiger partial charge in [0, 0.05) is 57.7 Å². The zero-order chi connectivity index (χ0) is 16.9. The smallest absolute Gasteiger partial charge is 0.317 e. The summed E-state index contributed by atoms with van der Waals surface area (Å²) in [5, 5.41) is 7.01. The number of aryl methyl sites for hydroxylation is 2. The van der Waals surface area contributed by atoms with Crippen LogP contribution in [0.4, 0.5) is 4.79 Å². The Labute approximate surface area is 141 Å². The highest BCUT2D eigenvalue weighted by molar-refractivity contribution is 5.74. The molecule has 1 fully saturated rings. The summed E-state index contributed by atoms with van der Waals surface area (Å²) >= 11 is 0. The van der Waals surface area contributed by atoms with Gasteiger partial charge in [-0.05, 0) is 31.0 Å². The molecule has 0 aliphatic carbocycles. The van der Waals surface area contributed by atoms with E-state index in [1.807, 2.05) is 37.1 Å². The lowest BCUT2D eigenvalue weighted by atomic mass is 10.1. The molecular weight excluding hydrogens is 306 g/mol. The number of aromatic nitrogens is 2. The van der Waals surface area contributed by atoms with E-state index < -0.39 is 0 Å². The minimum Gasteiger partial charge on any atom is -0.361 e. The maximum atomic E-state index is 12.3. The van der Waals surface area contributed by atoms with Crippen molar-refractivity contribution < 1.29 is 9.32 Å². The highest BCUT2D eigenvalue weighted by Crippen LogP contribution is 2.10. The molecule has 0 unspecified atom stereocenters. The van der Waals surface area contributed by atoms with Crippen molar-refractivity contribution >= 4 is 6.03 Å². The third kappa shape index (κ3) is 4.11. The molecule has 1 N–H and O–H groups in total. The molecule has 3 heterocycles. The van der Waals surface area contributed by atoms with Crippen LogP contribution in [0.1, 0.15) is 22.6 Å². The van der Waals surface area contributed by atoms with Gasteiger partial charge in [-0.15, -0.1) is 0 Å². The summed E-state index contributed by atoms with van der Waals surface area (Å²) in [5.41, 5.74) is 3.13. The first-order valence-corrected chi connectivity index (χ1v) is 8.18. The van der Waals surface area contributed by atoms with Gasteiger partial charge in [-0.25, -0.2) is 4.79 Å². The van der Waals surface area contributed by atoms with Crippen molar-refractivity contribution in [2.75, 3.05) is 26.2 Å². The van der Waals surface area contributed by atoms with Gasteiger partial charge in [0.05, 0.1) is 5.69 Å². The van der Waals surface area contributed by atoms with Gasteiger partial charge in [-0.2, -0.15) is 0 Å². The second kappa shape index (κ2) is 7.44. The summed E-state index contributed by atoms with van der Waals surface area (Å²) in [6.45, 7) is 8.31. The summed E-state index contributed by atoms with van der Waals surface area (Å²) in [7, 11) is 0. The normalized spacial score (nSPS) is 15.5. The van der Waals surface area contributed by atoms with Crippen LogP contribution in [0, 0.1) is 13.8 Å². The molecule has 0 radical (unpaired) electrons. The average molecular weight is 329 g/mol. The lowest BCUT2D eigenvalue weighted by Crippen LogP contribution is -2.51. The highest BCUT2D eigenvalue weighted by Gasteiger charge is 2.21. The van der Waals surface area contributed by atoms with E-state index in [0.29, 0.717) is 6.54 Å². The summed E-state index contributed by atoms with van der Waals surface area (Å²) in [5.74, 6) is 0.828. The Morgan fingerprint density at radius 1 is 1.29 bits per heavy atom. The monoisotopic (exact) mass is 329 g/mol. The molecule has 2 amide bonds. The van der Waals surface area contributed by atoms with Crippen LogP contribution in [0.3, 0.4) is 0 Å². The first kappa shape index (κ1) is 16.4. The Morgan fingerprint density at radius 2 is 2.08 bits per heavy atom. The maximum Gasteiger partial charge on any atom is 0.317 e. The van der Waals surface area contributed by atoms with Crippen molar-refractivity contribution in [3.8, 4) is 0 Å². The number of pyridine rings is 1. The van der Waals surface area contributed by atoms with Crippen LogP contribution in [0.5, 0.6) is 0 Å². The van der Waals surface area contributed by atoms with Crippen molar-refractivity contribution in [1.82, 2.24) is 25.3 Å². The van der Waals surface area contributed by atoms with Gasteiger partial charge in [-0.3, -0.25) is 9.88 Å². The van der Waals surface area contributed by atoms with Gasteiger partial charge in [0.2, 0.25) is 0 Å². The van der Waals surface area contributed by atoms with Gasteiger partial charge >= 0.3 is 6.03 Å². The first-order valence-electron chi connectivity index (χ1n) is 8.18. The van der Waals surface area contributed by atoms with E-state index in [4.69, 9.17) is 4.52 Å². The largest absolute Gasteiger partial charge is 0.361 e. The molecule has 0 atom stereocenters. The van der Waals surface area contributed by atoms with E-state index >= 15 is 0 Å². The minimum atomic E-state index is -0.0110. The van der Waals surface area contributed by atoms with Crippen LogP contribution in [0.15, 0.2) is 29.0 Å². The molecule has 3 rings (SSSR count). The van der Waals surface area contributed by atoms with Crippen molar-refractivity contribution in [3.63, 3.8) is 0 Å². The van der Waals surface area contributed by atoms with Gasteiger partial charge in [-0.1, -0.05) is 5.16 Å². The number of amides is 2. The molecule has 0 aromatic carbocycles. The van der Waals surface area contributed by atoms with E-state index in [9.17, 15) is 4.79 Å². The van der Waals surface area contributed by atoms with E-state index in [2.05, 4.69) is 20.4 Å². The van der Waals surface area contributed by atoms with Gasteiger partial charge in [0.1, 0.15) is 5.76 Å². The number of rotatable bonds is 4. The van der Waals surface area contributed by atoms with Crippen LogP contribution in [0.2, 0.25) is 0 Å². The quantitative estimate of drug-likeness (QED) is 0.924. The van der Waals surface area contributed by atoms with Gasteiger partial charge < -0.3 is 14.7 Å². The molecule has 24 heavy (non-hydrogen) atoms. The van der Waals surface area contributed by atoms with E-state index in [-0.39, 0.29) is 6.03 Å². The lowest BCUT2D eigenvalue weighted by molar-refractivity contribution is 0.133. The number of carbonyl (C=O) groups excluding carboxylic acids is 1. The van der Waals surface area contributed by atoms with Crippen molar-refractivity contribution in [3.05, 3.63) is 47.1 Å². The van der Waals surface area contributed by atoms with Crippen LogP contribution < -0.4 is 5.32 Å². The number of urea groups is 1. The summed E-state index contributed by atoms with van der Waals surface area (Å²) < 4.78 is 5.09. The summed E-state index contributed by atoms with van der Waals surface area (Å²) in [6, 6.07) is 3.88. The lowest BCUT2D eigenvalue weighted by Gasteiger charge is -2.34. The molecule has 128 valence electrons. The molecule has 7 heteroatoms. The Bertz CT molecular complexity index is 692. The average Bonchev–Trinajstić information content (AvgIpc) is 2.99. The zero-order valence-corrected chi connectivity index (χ0v) is 14.2. The molecule has 0 spiro atoms. The molecule has 0 saturated carbocycles. The summed E-state index contributed by atoms with van der Waals surface area (Å²) in [4.78, 5) is 20.5. The van der Waals surface area contributed by atoms with Crippen LogP contribution in [0.25, 0.3) is 0 Å². The fraction of sp³-hybridized carbons (Fsp3) is 0.471. The second-order valence-electron chi connectivity index (χ2n) is 6.15. The molecule has 1 aliphatic heterocycles. The van der Waals surface area contributed by atoms with Crippen molar-refractivity contribution in [1.29, 1.82) is 0 Å². The predicted octanol–water partition coefficient (Wildman–Crippen LogP) is 1.71.